The molecule has 0 amide bonds. The van der Waals surface area contributed by atoms with E-state index in [1.165, 1.54) is 16.7 Å². The van der Waals surface area contributed by atoms with Crippen molar-refractivity contribution < 1.29 is 9.53 Å². The van der Waals surface area contributed by atoms with Crippen molar-refractivity contribution in [2.75, 3.05) is 12.4 Å². The Morgan fingerprint density at radius 2 is 1.50 bits per heavy atom. The van der Waals surface area contributed by atoms with Gasteiger partial charge in [0.2, 0.25) is 0 Å². The van der Waals surface area contributed by atoms with Gasteiger partial charge in [0.05, 0.1) is 0 Å². The zero-order valence-corrected chi connectivity index (χ0v) is 15.7. The lowest BCUT2D eigenvalue weighted by molar-refractivity contribution is -0.142. The number of carbonyl (C=O) groups excluding carboxylic acids is 1. The maximum Gasteiger partial charge on any atom is 0.306 e. The van der Waals surface area contributed by atoms with Gasteiger partial charge in [-0.2, -0.15) is 12.6 Å². The molecular formula is C19H30O2S. The summed E-state index contributed by atoms with van der Waals surface area (Å²) in [6.45, 7) is 13.7. The molecule has 0 saturated carbocycles. The summed E-state index contributed by atoms with van der Waals surface area (Å²) < 4.78 is 5.09. The normalized spacial score (nSPS) is 12.3. The first-order valence-corrected chi connectivity index (χ1v) is 8.58. The maximum absolute atomic E-state index is 11.7. The number of thiol groups is 1. The van der Waals surface area contributed by atoms with Crippen LogP contribution in [0.3, 0.4) is 0 Å². The van der Waals surface area contributed by atoms with E-state index in [-0.39, 0.29) is 16.8 Å². The summed E-state index contributed by atoms with van der Waals surface area (Å²) in [5.74, 6) is 0.423. The number of hydrogen-bond acceptors (Lipinski definition) is 3. The van der Waals surface area contributed by atoms with Crippen LogP contribution in [0.1, 0.15) is 64.7 Å². The van der Waals surface area contributed by atoms with Crippen molar-refractivity contribution in [2.45, 2.75) is 65.2 Å². The monoisotopic (exact) mass is 322 g/mol. The summed E-state index contributed by atoms with van der Waals surface area (Å²) in [5.41, 5.74) is 4.04. The molecule has 1 rings (SSSR count). The summed E-state index contributed by atoms with van der Waals surface area (Å²) >= 11 is 4.05. The predicted molar refractivity (Wildman–Crippen MR) is 97.0 cm³/mol. The van der Waals surface area contributed by atoms with Gasteiger partial charge < -0.3 is 4.74 Å². The van der Waals surface area contributed by atoms with Crippen LogP contribution in [0.5, 0.6) is 0 Å². The van der Waals surface area contributed by atoms with E-state index in [1.807, 2.05) is 0 Å². The summed E-state index contributed by atoms with van der Waals surface area (Å²) in [5, 5.41) is 0. The lowest BCUT2D eigenvalue weighted by atomic mass is 9.79. The molecule has 0 bridgehead atoms. The molecule has 0 spiro atoms. The molecule has 0 N–H and O–H groups in total. The molecule has 1 aromatic carbocycles. The third kappa shape index (κ3) is 6.04. The first-order valence-electron chi connectivity index (χ1n) is 7.95. The van der Waals surface area contributed by atoms with Crippen molar-refractivity contribution in [1.29, 1.82) is 0 Å². The van der Waals surface area contributed by atoms with Crippen molar-refractivity contribution in [3.8, 4) is 0 Å². The van der Waals surface area contributed by atoms with Gasteiger partial charge in [0.15, 0.2) is 0 Å². The molecule has 0 unspecified atom stereocenters. The van der Waals surface area contributed by atoms with Gasteiger partial charge in [-0.05, 0) is 33.9 Å². The highest BCUT2D eigenvalue weighted by molar-refractivity contribution is 7.80. The van der Waals surface area contributed by atoms with E-state index in [0.29, 0.717) is 18.8 Å². The number of esters is 1. The molecule has 0 fully saturated rings. The summed E-state index contributed by atoms with van der Waals surface area (Å²) in [6.07, 6.45) is 1.14. The first kappa shape index (κ1) is 19.1. The minimum absolute atomic E-state index is 0.0997. The van der Waals surface area contributed by atoms with E-state index in [0.717, 1.165) is 6.42 Å². The molecule has 0 radical (unpaired) electrons. The van der Waals surface area contributed by atoms with Crippen molar-refractivity contribution in [1.82, 2.24) is 0 Å². The number of benzene rings is 1. The van der Waals surface area contributed by atoms with Gasteiger partial charge in [-0.25, -0.2) is 0 Å². The number of ether oxygens (including phenoxy) is 1. The summed E-state index contributed by atoms with van der Waals surface area (Å²) in [6, 6.07) is 6.74. The third-order valence-electron chi connectivity index (χ3n) is 3.70. The zero-order valence-electron chi connectivity index (χ0n) is 14.8. The van der Waals surface area contributed by atoms with Crippen LogP contribution < -0.4 is 0 Å². The smallest absolute Gasteiger partial charge is 0.306 e. The topological polar surface area (TPSA) is 26.3 Å². The largest absolute Gasteiger partial charge is 0.465 e. The van der Waals surface area contributed by atoms with Crippen molar-refractivity contribution in [2.24, 2.45) is 0 Å². The third-order valence-corrected chi connectivity index (χ3v) is 3.88. The SMILES string of the molecule is CC(C)(C)c1cc(CCC(=O)OCCS)cc(C(C)(C)C)c1. The average molecular weight is 323 g/mol. The quantitative estimate of drug-likeness (QED) is 0.629. The fourth-order valence-electron chi connectivity index (χ4n) is 2.18. The van der Waals surface area contributed by atoms with Gasteiger partial charge in [0.1, 0.15) is 6.61 Å². The van der Waals surface area contributed by atoms with Gasteiger partial charge in [-0.3, -0.25) is 4.79 Å². The predicted octanol–water partition coefficient (Wildman–Crippen LogP) is 4.69. The van der Waals surface area contributed by atoms with Gasteiger partial charge in [-0.1, -0.05) is 59.7 Å². The maximum atomic E-state index is 11.7. The van der Waals surface area contributed by atoms with Gasteiger partial charge in [0.25, 0.3) is 0 Å². The van der Waals surface area contributed by atoms with E-state index < -0.39 is 0 Å². The highest BCUT2D eigenvalue weighted by Crippen LogP contribution is 2.30. The van der Waals surface area contributed by atoms with Crippen molar-refractivity contribution in [3.05, 3.63) is 34.9 Å². The number of carbonyl (C=O) groups is 1. The van der Waals surface area contributed by atoms with Crippen LogP contribution >= 0.6 is 12.6 Å². The van der Waals surface area contributed by atoms with Gasteiger partial charge in [0, 0.05) is 12.2 Å². The van der Waals surface area contributed by atoms with Crippen molar-refractivity contribution >= 4 is 18.6 Å². The zero-order chi connectivity index (χ0) is 17.0. The van der Waals surface area contributed by atoms with Crippen molar-refractivity contribution in [3.63, 3.8) is 0 Å². The highest BCUT2D eigenvalue weighted by atomic mass is 32.1. The van der Waals surface area contributed by atoms with Crippen LogP contribution in [0.2, 0.25) is 0 Å². The molecule has 0 aliphatic rings. The van der Waals surface area contributed by atoms with E-state index >= 15 is 0 Å². The highest BCUT2D eigenvalue weighted by Gasteiger charge is 2.20. The second kappa shape index (κ2) is 7.54. The van der Waals surface area contributed by atoms with E-state index in [4.69, 9.17) is 4.74 Å². The number of hydrogen-bond donors (Lipinski definition) is 1. The summed E-state index contributed by atoms with van der Waals surface area (Å²) in [7, 11) is 0. The fourth-order valence-corrected chi connectivity index (χ4v) is 2.27. The Morgan fingerprint density at radius 3 is 1.91 bits per heavy atom. The van der Waals surface area contributed by atoms with Crippen LogP contribution in [0, 0.1) is 0 Å². The lowest BCUT2D eigenvalue weighted by Gasteiger charge is -2.26. The Morgan fingerprint density at radius 1 is 1.00 bits per heavy atom. The summed E-state index contributed by atoms with van der Waals surface area (Å²) in [4.78, 5) is 11.7. The van der Waals surface area contributed by atoms with Crippen LogP contribution in [0.15, 0.2) is 18.2 Å². The average Bonchev–Trinajstić information content (AvgIpc) is 2.40. The Labute approximate surface area is 141 Å². The molecule has 22 heavy (non-hydrogen) atoms. The Kier molecular flexibility index (Phi) is 6.54. The number of aryl methyl sites for hydroxylation is 1. The minimum atomic E-state index is -0.146. The Bertz CT molecular complexity index is 475. The van der Waals surface area contributed by atoms with Crippen LogP contribution in [-0.4, -0.2) is 18.3 Å². The molecule has 0 saturated heterocycles. The fraction of sp³-hybridized carbons (Fsp3) is 0.632. The van der Waals surface area contributed by atoms with Gasteiger partial charge >= 0.3 is 5.97 Å². The lowest BCUT2D eigenvalue weighted by Crippen LogP contribution is -2.17. The standard InChI is InChI=1S/C19H30O2S/c1-18(2,3)15-11-14(7-8-17(20)21-9-10-22)12-16(13-15)19(4,5)6/h11-13,22H,7-10H2,1-6H3. The second-order valence-corrected chi connectivity index (χ2v) is 8.31. The molecule has 2 nitrogen and oxygen atoms in total. The Hall–Kier alpha value is -0.960. The molecule has 124 valence electrons. The molecule has 3 heteroatoms. The molecule has 0 aliphatic heterocycles. The Balaban J connectivity index is 2.96. The molecule has 0 aromatic heterocycles. The van der Waals surface area contributed by atoms with E-state index in [2.05, 4.69) is 72.4 Å². The molecule has 1 aromatic rings. The van der Waals surface area contributed by atoms with Crippen LogP contribution in [0.25, 0.3) is 0 Å². The molecule has 0 atom stereocenters. The van der Waals surface area contributed by atoms with Gasteiger partial charge in [-0.15, -0.1) is 0 Å². The molecule has 0 heterocycles. The second-order valence-electron chi connectivity index (χ2n) is 7.86. The van der Waals surface area contributed by atoms with E-state index in [1.54, 1.807) is 0 Å². The molecule has 0 aliphatic carbocycles. The number of rotatable bonds is 5. The first-order chi connectivity index (χ1) is 10.0. The molecular weight excluding hydrogens is 292 g/mol. The van der Waals surface area contributed by atoms with E-state index in [9.17, 15) is 4.79 Å². The van der Waals surface area contributed by atoms with Crippen LogP contribution in [0.4, 0.5) is 0 Å². The van der Waals surface area contributed by atoms with Crippen LogP contribution in [-0.2, 0) is 26.8 Å². The minimum Gasteiger partial charge on any atom is -0.465 e.